The fraction of sp³-hybridized carbons (Fsp3) is 0.417. The van der Waals surface area contributed by atoms with Gasteiger partial charge in [-0.2, -0.15) is 0 Å². The molecule has 1 N–H and O–H groups in total. The van der Waals surface area contributed by atoms with Gasteiger partial charge in [0.05, 0.1) is 13.2 Å². The van der Waals surface area contributed by atoms with E-state index >= 15 is 0 Å². The lowest BCUT2D eigenvalue weighted by Crippen LogP contribution is -2.16. The summed E-state index contributed by atoms with van der Waals surface area (Å²) in [6, 6.07) is 4.45. The van der Waals surface area contributed by atoms with Crippen LogP contribution in [0.3, 0.4) is 0 Å². The first kappa shape index (κ1) is 13.3. The van der Waals surface area contributed by atoms with E-state index in [1.54, 1.807) is 19.9 Å². The molecule has 0 fully saturated rings. The maximum absolute atomic E-state index is 13.4. The minimum atomic E-state index is -0.458. The molecular formula is C12H16FNO3. The van der Waals surface area contributed by atoms with Crippen molar-refractivity contribution >= 4 is 11.7 Å². The lowest BCUT2D eigenvalue weighted by atomic mass is 10.3. The van der Waals surface area contributed by atoms with Gasteiger partial charge in [-0.25, -0.2) is 4.39 Å². The molecular weight excluding hydrogens is 225 g/mol. The van der Waals surface area contributed by atoms with Gasteiger partial charge in [-0.05, 0) is 26.0 Å². The van der Waals surface area contributed by atoms with E-state index in [2.05, 4.69) is 5.32 Å². The summed E-state index contributed by atoms with van der Waals surface area (Å²) in [6.07, 6.45) is 0. The van der Waals surface area contributed by atoms with Crippen LogP contribution in [-0.4, -0.2) is 25.7 Å². The smallest absolute Gasteiger partial charge is 0.325 e. The van der Waals surface area contributed by atoms with Gasteiger partial charge in [0.2, 0.25) is 0 Å². The molecule has 0 bridgehead atoms. The third-order valence-corrected chi connectivity index (χ3v) is 1.97. The van der Waals surface area contributed by atoms with Crippen LogP contribution in [0, 0.1) is 5.82 Å². The van der Waals surface area contributed by atoms with Crippen molar-refractivity contribution in [3.63, 3.8) is 0 Å². The van der Waals surface area contributed by atoms with Crippen LogP contribution in [-0.2, 0) is 9.53 Å². The van der Waals surface area contributed by atoms with E-state index in [-0.39, 0.29) is 18.3 Å². The fourth-order valence-electron chi connectivity index (χ4n) is 1.27. The van der Waals surface area contributed by atoms with Crippen molar-refractivity contribution < 1.29 is 18.7 Å². The van der Waals surface area contributed by atoms with Gasteiger partial charge >= 0.3 is 5.97 Å². The van der Waals surface area contributed by atoms with E-state index in [0.29, 0.717) is 18.9 Å². The van der Waals surface area contributed by atoms with Crippen molar-refractivity contribution in [3.8, 4) is 5.75 Å². The van der Waals surface area contributed by atoms with Gasteiger partial charge in [0.15, 0.2) is 11.6 Å². The number of carbonyl (C=O) groups is 1. The third-order valence-electron chi connectivity index (χ3n) is 1.97. The van der Waals surface area contributed by atoms with Crippen molar-refractivity contribution in [2.75, 3.05) is 25.1 Å². The van der Waals surface area contributed by atoms with Crippen LogP contribution in [0.2, 0.25) is 0 Å². The van der Waals surface area contributed by atoms with Crippen LogP contribution in [0.25, 0.3) is 0 Å². The molecule has 0 aliphatic heterocycles. The first-order chi connectivity index (χ1) is 8.17. The highest BCUT2D eigenvalue weighted by Gasteiger charge is 2.05. The number of anilines is 1. The summed E-state index contributed by atoms with van der Waals surface area (Å²) in [5.74, 6) is -0.628. The Morgan fingerprint density at radius 2 is 2.12 bits per heavy atom. The second-order valence-corrected chi connectivity index (χ2v) is 3.24. The fourth-order valence-corrected chi connectivity index (χ4v) is 1.27. The molecule has 0 amide bonds. The van der Waals surface area contributed by atoms with E-state index in [1.165, 1.54) is 12.1 Å². The average Bonchev–Trinajstić information content (AvgIpc) is 2.30. The summed E-state index contributed by atoms with van der Waals surface area (Å²) >= 11 is 0. The molecule has 17 heavy (non-hydrogen) atoms. The van der Waals surface area contributed by atoms with Crippen LogP contribution in [0.15, 0.2) is 18.2 Å². The minimum Gasteiger partial charge on any atom is -0.491 e. The maximum Gasteiger partial charge on any atom is 0.325 e. The number of ether oxygens (including phenoxy) is 2. The largest absolute Gasteiger partial charge is 0.491 e. The average molecular weight is 241 g/mol. The number of hydrogen-bond donors (Lipinski definition) is 1. The van der Waals surface area contributed by atoms with Crippen LogP contribution < -0.4 is 10.1 Å². The highest BCUT2D eigenvalue weighted by atomic mass is 19.1. The zero-order valence-electron chi connectivity index (χ0n) is 9.96. The van der Waals surface area contributed by atoms with Gasteiger partial charge in [0.25, 0.3) is 0 Å². The Bertz CT molecular complexity index is 382. The molecule has 1 aromatic carbocycles. The number of esters is 1. The topological polar surface area (TPSA) is 47.6 Å². The molecule has 0 aromatic heterocycles. The van der Waals surface area contributed by atoms with Crippen LogP contribution in [0.1, 0.15) is 13.8 Å². The first-order valence-electron chi connectivity index (χ1n) is 5.49. The zero-order chi connectivity index (χ0) is 12.7. The van der Waals surface area contributed by atoms with Crippen molar-refractivity contribution in [3.05, 3.63) is 24.0 Å². The Hall–Kier alpha value is -1.78. The second kappa shape index (κ2) is 6.73. The molecule has 0 spiro atoms. The Balaban J connectivity index is 2.55. The number of benzene rings is 1. The SMILES string of the molecule is CCOC(=O)CNc1ccc(OCC)c(F)c1. The van der Waals surface area contributed by atoms with Crippen molar-refractivity contribution in [1.29, 1.82) is 0 Å². The summed E-state index contributed by atoms with van der Waals surface area (Å²) in [5, 5.41) is 2.77. The molecule has 0 saturated heterocycles. The Morgan fingerprint density at radius 1 is 1.35 bits per heavy atom. The molecule has 1 rings (SSSR count). The van der Waals surface area contributed by atoms with Gasteiger partial charge < -0.3 is 14.8 Å². The Morgan fingerprint density at radius 3 is 2.71 bits per heavy atom. The number of nitrogens with one attached hydrogen (secondary N) is 1. The van der Waals surface area contributed by atoms with Gasteiger partial charge in [0, 0.05) is 11.8 Å². The highest BCUT2D eigenvalue weighted by Crippen LogP contribution is 2.20. The third kappa shape index (κ3) is 4.30. The van der Waals surface area contributed by atoms with Gasteiger partial charge in [0.1, 0.15) is 6.54 Å². The van der Waals surface area contributed by atoms with Gasteiger partial charge in [-0.15, -0.1) is 0 Å². The van der Waals surface area contributed by atoms with E-state index in [0.717, 1.165) is 0 Å². The van der Waals surface area contributed by atoms with Crippen LogP contribution >= 0.6 is 0 Å². The molecule has 0 aliphatic rings. The Kier molecular flexibility index (Phi) is 5.26. The van der Waals surface area contributed by atoms with Crippen molar-refractivity contribution in [2.45, 2.75) is 13.8 Å². The number of hydrogen-bond acceptors (Lipinski definition) is 4. The van der Waals surface area contributed by atoms with Crippen LogP contribution in [0.4, 0.5) is 10.1 Å². The molecule has 0 saturated carbocycles. The molecule has 0 aliphatic carbocycles. The molecule has 1 aromatic rings. The molecule has 0 atom stereocenters. The number of rotatable bonds is 6. The molecule has 94 valence electrons. The predicted octanol–water partition coefficient (Wildman–Crippen LogP) is 2.20. The van der Waals surface area contributed by atoms with E-state index in [4.69, 9.17) is 9.47 Å². The quantitative estimate of drug-likeness (QED) is 0.776. The molecule has 4 nitrogen and oxygen atoms in total. The summed E-state index contributed by atoms with van der Waals surface area (Å²) in [6.45, 7) is 4.27. The van der Waals surface area contributed by atoms with Gasteiger partial charge in [-0.3, -0.25) is 4.79 Å². The van der Waals surface area contributed by atoms with Crippen molar-refractivity contribution in [1.82, 2.24) is 0 Å². The summed E-state index contributed by atoms with van der Waals surface area (Å²) in [7, 11) is 0. The lowest BCUT2D eigenvalue weighted by Gasteiger charge is -2.08. The number of carbonyl (C=O) groups excluding carboxylic acids is 1. The van der Waals surface area contributed by atoms with Gasteiger partial charge in [-0.1, -0.05) is 0 Å². The summed E-state index contributed by atoms with van der Waals surface area (Å²) < 4.78 is 23.2. The lowest BCUT2D eigenvalue weighted by molar-refractivity contribution is -0.140. The monoisotopic (exact) mass is 241 g/mol. The first-order valence-corrected chi connectivity index (χ1v) is 5.49. The Labute approximate surface area is 99.7 Å². The second-order valence-electron chi connectivity index (χ2n) is 3.24. The predicted molar refractivity (Wildman–Crippen MR) is 62.7 cm³/mol. The maximum atomic E-state index is 13.4. The summed E-state index contributed by atoms with van der Waals surface area (Å²) in [5.41, 5.74) is 0.513. The standard InChI is InChI=1S/C12H16FNO3/c1-3-16-11-6-5-9(7-10(11)13)14-8-12(15)17-4-2/h5-7,14H,3-4,8H2,1-2H3. The van der Waals surface area contributed by atoms with Crippen molar-refractivity contribution in [2.24, 2.45) is 0 Å². The molecule has 0 unspecified atom stereocenters. The van der Waals surface area contributed by atoms with Crippen LogP contribution in [0.5, 0.6) is 5.75 Å². The number of halogens is 1. The highest BCUT2D eigenvalue weighted by molar-refractivity contribution is 5.75. The van der Waals surface area contributed by atoms with E-state index in [1.807, 2.05) is 0 Å². The van der Waals surface area contributed by atoms with E-state index < -0.39 is 5.82 Å². The normalized spacial score (nSPS) is 9.82. The molecule has 5 heteroatoms. The molecule has 0 heterocycles. The molecule has 0 radical (unpaired) electrons. The van der Waals surface area contributed by atoms with E-state index in [9.17, 15) is 9.18 Å². The zero-order valence-corrected chi connectivity index (χ0v) is 9.96. The minimum absolute atomic E-state index is 0.0151. The summed E-state index contributed by atoms with van der Waals surface area (Å²) in [4.78, 5) is 11.1.